The maximum atomic E-state index is 13.7. The van der Waals surface area contributed by atoms with E-state index in [2.05, 4.69) is 15.0 Å². The molecule has 0 spiro atoms. The molecule has 0 unspecified atom stereocenters. The van der Waals surface area contributed by atoms with Gasteiger partial charge in [-0.3, -0.25) is 0 Å². The first-order valence-corrected chi connectivity index (χ1v) is 6.73. The monoisotopic (exact) mass is 305 g/mol. The van der Waals surface area contributed by atoms with Gasteiger partial charge in [-0.05, 0) is 24.4 Å². The summed E-state index contributed by atoms with van der Waals surface area (Å²) in [6.07, 6.45) is -0.0336. The summed E-state index contributed by atoms with van der Waals surface area (Å²) in [4.78, 5) is 11.1. The SMILES string of the molecule is Fc1cnc(Cl)nc1-c1sc(C2CC2)nc1C(F)F. The van der Waals surface area contributed by atoms with Gasteiger partial charge >= 0.3 is 0 Å². The van der Waals surface area contributed by atoms with Gasteiger partial charge in [0.05, 0.1) is 16.1 Å². The van der Waals surface area contributed by atoms with Crippen LogP contribution in [-0.4, -0.2) is 15.0 Å². The molecule has 0 saturated heterocycles. The Labute approximate surface area is 115 Å². The Balaban J connectivity index is 2.14. The Morgan fingerprint density at radius 1 is 1.32 bits per heavy atom. The molecule has 0 bridgehead atoms. The second-order valence-corrected chi connectivity index (χ2v) is 5.55. The Bertz CT molecular complexity index is 628. The second-order valence-electron chi connectivity index (χ2n) is 4.18. The summed E-state index contributed by atoms with van der Waals surface area (Å²) in [7, 11) is 0. The van der Waals surface area contributed by atoms with Gasteiger partial charge in [0.1, 0.15) is 11.4 Å². The highest BCUT2D eigenvalue weighted by molar-refractivity contribution is 7.15. The topological polar surface area (TPSA) is 38.7 Å². The van der Waals surface area contributed by atoms with Gasteiger partial charge in [-0.2, -0.15) is 0 Å². The van der Waals surface area contributed by atoms with E-state index in [0.717, 1.165) is 30.4 Å². The fourth-order valence-electron chi connectivity index (χ4n) is 1.68. The highest BCUT2D eigenvalue weighted by atomic mass is 35.5. The molecule has 8 heteroatoms. The predicted molar refractivity (Wildman–Crippen MR) is 65.0 cm³/mol. The standard InChI is InChI=1S/C11H7ClF3N3S/c12-11-16-3-5(13)6(18-11)8-7(9(14)15)17-10(19-8)4-1-2-4/h3-4,9H,1-2H2. The minimum absolute atomic E-state index is 0.0405. The van der Waals surface area contributed by atoms with Crippen LogP contribution in [0.25, 0.3) is 10.6 Å². The molecule has 1 saturated carbocycles. The maximum absolute atomic E-state index is 13.7. The van der Waals surface area contributed by atoms with Gasteiger partial charge in [0, 0.05) is 5.92 Å². The van der Waals surface area contributed by atoms with Crippen LogP contribution < -0.4 is 0 Å². The van der Waals surface area contributed by atoms with Crippen LogP contribution >= 0.6 is 22.9 Å². The van der Waals surface area contributed by atoms with Crippen molar-refractivity contribution in [1.82, 2.24) is 15.0 Å². The van der Waals surface area contributed by atoms with E-state index in [-0.39, 0.29) is 21.8 Å². The van der Waals surface area contributed by atoms with E-state index in [1.807, 2.05) is 0 Å². The normalized spacial score (nSPS) is 15.2. The molecule has 0 aromatic carbocycles. The molecule has 2 aromatic rings. The van der Waals surface area contributed by atoms with Crippen molar-refractivity contribution in [1.29, 1.82) is 0 Å². The average molecular weight is 306 g/mol. The smallest absolute Gasteiger partial charge is 0.239 e. The lowest BCUT2D eigenvalue weighted by Gasteiger charge is -2.02. The lowest BCUT2D eigenvalue weighted by molar-refractivity contribution is 0.147. The van der Waals surface area contributed by atoms with Crippen molar-refractivity contribution in [2.45, 2.75) is 25.2 Å². The Morgan fingerprint density at radius 3 is 2.68 bits per heavy atom. The third-order valence-corrected chi connectivity index (χ3v) is 4.16. The minimum Gasteiger partial charge on any atom is -0.239 e. The lowest BCUT2D eigenvalue weighted by atomic mass is 10.2. The molecule has 0 radical (unpaired) electrons. The lowest BCUT2D eigenvalue weighted by Crippen LogP contribution is -1.95. The van der Waals surface area contributed by atoms with E-state index in [4.69, 9.17) is 11.6 Å². The largest absolute Gasteiger partial charge is 0.281 e. The van der Waals surface area contributed by atoms with Crippen LogP contribution in [0.4, 0.5) is 13.2 Å². The summed E-state index contributed by atoms with van der Waals surface area (Å²) in [5, 5.41) is 0.428. The van der Waals surface area contributed by atoms with E-state index in [1.165, 1.54) is 0 Å². The van der Waals surface area contributed by atoms with E-state index in [9.17, 15) is 13.2 Å². The van der Waals surface area contributed by atoms with Gasteiger partial charge in [0.15, 0.2) is 5.82 Å². The Hall–Kier alpha value is -1.21. The molecule has 0 atom stereocenters. The molecule has 3 rings (SSSR count). The number of hydrogen-bond acceptors (Lipinski definition) is 4. The Morgan fingerprint density at radius 2 is 2.05 bits per heavy atom. The van der Waals surface area contributed by atoms with Crippen molar-refractivity contribution in [3.05, 3.63) is 28.0 Å². The number of nitrogens with zero attached hydrogens (tertiary/aromatic N) is 3. The molecular formula is C11H7ClF3N3S. The molecule has 19 heavy (non-hydrogen) atoms. The fourth-order valence-corrected chi connectivity index (χ4v) is 3.04. The number of alkyl halides is 2. The first kappa shape index (κ1) is 12.8. The summed E-state index contributed by atoms with van der Waals surface area (Å²) in [6.45, 7) is 0. The van der Waals surface area contributed by atoms with Crippen LogP contribution in [0.15, 0.2) is 6.20 Å². The molecule has 1 fully saturated rings. The van der Waals surface area contributed by atoms with Crippen molar-refractivity contribution >= 4 is 22.9 Å². The van der Waals surface area contributed by atoms with Gasteiger partial charge in [-0.25, -0.2) is 28.1 Å². The number of hydrogen-bond donors (Lipinski definition) is 0. The zero-order valence-corrected chi connectivity index (χ0v) is 11.0. The van der Waals surface area contributed by atoms with E-state index >= 15 is 0 Å². The third kappa shape index (κ3) is 2.44. The van der Waals surface area contributed by atoms with E-state index in [0.29, 0.717) is 5.01 Å². The first-order chi connectivity index (χ1) is 9.06. The highest BCUT2D eigenvalue weighted by Crippen LogP contribution is 2.46. The van der Waals surface area contributed by atoms with Crippen LogP contribution in [0.1, 0.15) is 35.9 Å². The molecule has 2 aromatic heterocycles. The highest BCUT2D eigenvalue weighted by Gasteiger charge is 2.31. The van der Waals surface area contributed by atoms with Crippen LogP contribution in [-0.2, 0) is 0 Å². The van der Waals surface area contributed by atoms with Crippen LogP contribution in [0.3, 0.4) is 0 Å². The van der Waals surface area contributed by atoms with Crippen molar-refractivity contribution in [2.75, 3.05) is 0 Å². The maximum Gasteiger partial charge on any atom is 0.281 e. The molecule has 2 heterocycles. The predicted octanol–water partition coefficient (Wildman–Crippen LogP) is 4.21. The van der Waals surface area contributed by atoms with E-state index < -0.39 is 17.9 Å². The van der Waals surface area contributed by atoms with Crippen molar-refractivity contribution in [2.24, 2.45) is 0 Å². The first-order valence-electron chi connectivity index (χ1n) is 5.53. The molecule has 0 amide bonds. The molecule has 1 aliphatic carbocycles. The second kappa shape index (κ2) is 4.72. The van der Waals surface area contributed by atoms with Crippen LogP contribution in [0, 0.1) is 5.82 Å². The summed E-state index contributed by atoms with van der Waals surface area (Å²) >= 11 is 6.64. The third-order valence-electron chi connectivity index (χ3n) is 2.73. The van der Waals surface area contributed by atoms with Gasteiger partial charge < -0.3 is 0 Å². The summed E-state index contributed by atoms with van der Waals surface area (Å²) < 4.78 is 39.7. The van der Waals surface area contributed by atoms with Crippen LogP contribution in [0.2, 0.25) is 5.28 Å². The minimum atomic E-state index is -2.77. The number of aromatic nitrogens is 3. The van der Waals surface area contributed by atoms with Crippen LogP contribution in [0.5, 0.6) is 0 Å². The van der Waals surface area contributed by atoms with Gasteiger partial charge in [-0.15, -0.1) is 11.3 Å². The molecule has 100 valence electrons. The van der Waals surface area contributed by atoms with Crippen molar-refractivity contribution in [3.8, 4) is 10.6 Å². The molecule has 0 aliphatic heterocycles. The summed E-state index contributed by atoms with van der Waals surface area (Å²) in [5.41, 5.74) is -0.639. The number of rotatable bonds is 3. The molecule has 3 nitrogen and oxygen atoms in total. The fraction of sp³-hybridized carbons (Fsp3) is 0.364. The van der Waals surface area contributed by atoms with Gasteiger partial charge in [-0.1, -0.05) is 0 Å². The van der Waals surface area contributed by atoms with Crippen molar-refractivity contribution < 1.29 is 13.2 Å². The molecule has 1 aliphatic rings. The van der Waals surface area contributed by atoms with Crippen molar-refractivity contribution in [3.63, 3.8) is 0 Å². The number of halogens is 4. The summed E-state index contributed by atoms with van der Waals surface area (Å²) in [6, 6.07) is 0. The quantitative estimate of drug-likeness (QED) is 0.797. The zero-order chi connectivity index (χ0) is 13.6. The molecule has 0 N–H and O–H groups in total. The average Bonchev–Trinajstić information content (AvgIpc) is 3.11. The number of thiazole rings is 1. The van der Waals surface area contributed by atoms with Gasteiger partial charge in [0.2, 0.25) is 5.28 Å². The molecular weight excluding hydrogens is 299 g/mol. The van der Waals surface area contributed by atoms with Gasteiger partial charge in [0.25, 0.3) is 6.43 Å². The van der Waals surface area contributed by atoms with E-state index in [1.54, 1.807) is 0 Å². The summed E-state index contributed by atoms with van der Waals surface area (Å²) in [5.74, 6) is -0.561. The zero-order valence-electron chi connectivity index (χ0n) is 9.41. The Kier molecular flexibility index (Phi) is 3.18.